The van der Waals surface area contributed by atoms with Crippen molar-refractivity contribution in [3.05, 3.63) is 0 Å². The van der Waals surface area contributed by atoms with Gasteiger partial charge in [0.1, 0.15) is 0 Å². The summed E-state index contributed by atoms with van der Waals surface area (Å²) in [4.78, 5) is 5.47. The van der Waals surface area contributed by atoms with Crippen molar-refractivity contribution in [1.29, 1.82) is 0 Å². The third-order valence-electron chi connectivity index (χ3n) is 4.49. The fraction of sp³-hybridized carbons (Fsp3) is 1.00. The van der Waals surface area contributed by atoms with Crippen LogP contribution in [0, 0.1) is 0 Å². The van der Waals surface area contributed by atoms with Gasteiger partial charge in [-0.15, -0.1) is 0 Å². The predicted molar refractivity (Wildman–Crippen MR) is 65.1 cm³/mol. The van der Waals surface area contributed by atoms with Crippen molar-refractivity contribution < 1.29 is 0 Å². The molecule has 2 rings (SSSR count). The van der Waals surface area contributed by atoms with Gasteiger partial charge in [-0.3, -0.25) is 9.80 Å². The monoisotopic (exact) mass is 210 g/mol. The highest BCUT2D eigenvalue weighted by atomic mass is 15.3. The molecule has 15 heavy (non-hydrogen) atoms. The molecule has 1 aliphatic carbocycles. The largest absolute Gasteiger partial charge is 0.295 e. The van der Waals surface area contributed by atoms with E-state index in [4.69, 9.17) is 0 Å². The number of hydrogen-bond donors (Lipinski definition) is 0. The van der Waals surface area contributed by atoms with Crippen LogP contribution < -0.4 is 0 Å². The maximum atomic E-state index is 2.76. The van der Waals surface area contributed by atoms with Gasteiger partial charge in [-0.2, -0.15) is 0 Å². The summed E-state index contributed by atoms with van der Waals surface area (Å²) >= 11 is 0. The Kier molecular flexibility index (Phi) is 3.36. The molecule has 88 valence electrons. The van der Waals surface area contributed by atoms with Gasteiger partial charge in [0.2, 0.25) is 0 Å². The fourth-order valence-electron chi connectivity index (χ4n) is 3.22. The molecule has 1 saturated heterocycles. The van der Waals surface area contributed by atoms with E-state index in [1.54, 1.807) is 0 Å². The topological polar surface area (TPSA) is 6.48 Å². The molecule has 0 spiro atoms. The smallest absolute Gasteiger partial charge is 0.0255 e. The molecule has 0 radical (unpaired) electrons. The first-order valence-electron chi connectivity index (χ1n) is 6.66. The second-order valence-electron chi connectivity index (χ2n) is 5.54. The van der Waals surface area contributed by atoms with Crippen LogP contribution in [0.15, 0.2) is 0 Å². The summed E-state index contributed by atoms with van der Waals surface area (Å²) in [5.41, 5.74) is 0. The second-order valence-corrected chi connectivity index (χ2v) is 5.54. The van der Waals surface area contributed by atoms with E-state index in [2.05, 4.69) is 37.5 Å². The van der Waals surface area contributed by atoms with E-state index in [0.717, 1.165) is 24.2 Å². The maximum Gasteiger partial charge on any atom is 0.0255 e. The number of piperazine rings is 1. The zero-order valence-electron chi connectivity index (χ0n) is 10.7. The van der Waals surface area contributed by atoms with Crippen molar-refractivity contribution in [2.75, 3.05) is 13.1 Å². The highest BCUT2D eigenvalue weighted by Gasteiger charge is 2.44. The summed E-state index contributed by atoms with van der Waals surface area (Å²) in [5.74, 6) is 0. The molecule has 0 bridgehead atoms. The SMILES string of the molecule is CCC(C)N1CCN(C(C)C)C2CCC21. The molecule has 1 aliphatic heterocycles. The van der Waals surface area contributed by atoms with E-state index >= 15 is 0 Å². The zero-order valence-corrected chi connectivity index (χ0v) is 10.7. The zero-order chi connectivity index (χ0) is 11.0. The van der Waals surface area contributed by atoms with Crippen LogP contribution in [0.2, 0.25) is 0 Å². The van der Waals surface area contributed by atoms with Crippen LogP contribution in [0.1, 0.15) is 47.0 Å². The summed E-state index contributed by atoms with van der Waals surface area (Å²) in [5, 5.41) is 0. The lowest BCUT2D eigenvalue weighted by Gasteiger charge is -2.57. The van der Waals surface area contributed by atoms with Crippen LogP contribution in [-0.4, -0.2) is 47.1 Å². The molecule has 2 heteroatoms. The lowest BCUT2D eigenvalue weighted by atomic mass is 9.80. The minimum atomic E-state index is 0.733. The van der Waals surface area contributed by atoms with Crippen LogP contribution in [-0.2, 0) is 0 Å². The van der Waals surface area contributed by atoms with E-state index in [9.17, 15) is 0 Å². The average molecular weight is 210 g/mol. The molecule has 2 fully saturated rings. The van der Waals surface area contributed by atoms with Gasteiger partial charge < -0.3 is 0 Å². The summed E-state index contributed by atoms with van der Waals surface area (Å²) in [7, 11) is 0. The summed E-state index contributed by atoms with van der Waals surface area (Å²) in [6.45, 7) is 12.0. The minimum Gasteiger partial charge on any atom is -0.295 e. The standard InChI is InChI=1S/C13H26N2/c1-5-11(4)15-9-8-14(10(2)3)12-6-7-13(12)15/h10-13H,5-9H2,1-4H3. The normalized spacial score (nSPS) is 35.0. The Morgan fingerprint density at radius 2 is 1.53 bits per heavy atom. The average Bonchev–Trinajstić information content (AvgIpc) is 2.17. The number of fused-ring (bicyclic) bond motifs is 1. The quantitative estimate of drug-likeness (QED) is 0.705. The van der Waals surface area contributed by atoms with Gasteiger partial charge in [-0.25, -0.2) is 0 Å². The lowest BCUT2D eigenvalue weighted by molar-refractivity contribution is -0.0688. The minimum absolute atomic E-state index is 0.733. The van der Waals surface area contributed by atoms with Gasteiger partial charge in [0.05, 0.1) is 0 Å². The molecule has 0 amide bonds. The number of rotatable bonds is 3. The van der Waals surface area contributed by atoms with E-state index < -0.39 is 0 Å². The summed E-state index contributed by atoms with van der Waals surface area (Å²) in [6, 6.07) is 3.26. The molecule has 0 aromatic rings. The van der Waals surface area contributed by atoms with E-state index in [1.807, 2.05) is 0 Å². The second kappa shape index (κ2) is 4.42. The van der Waals surface area contributed by atoms with Crippen molar-refractivity contribution in [3.8, 4) is 0 Å². The van der Waals surface area contributed by atoms with Gasteiger partial charge in [-0.1, -0.05) is 6.92 Å². The fourth-order valence-corrected chi connectivity index (χ4v) is 3.22. The number of hydrogen-bond acceptors (Lipinski definition) is 2. The van der Waals surface area contributed by atoms with Crippen LogP contribution >= 0.6 is 0 Å². The van der Waals surface area contributed by atoms with Crippen molar-refractivity contribution in [1.82, 2.24) is 9.80 Å². The van der Waals surface area contributed by atoms with Gasteiger partial charge in [-0.05, 0) is 40.0 Å². The van der Waals surface area contributed by atoms with Gasteiger partial charge in [0, 0.05) is 37.3 Å². The molecule has 3 unspecified atom stereocenters. The first-order chi connectivity index (χ1) is 7.15. The molecule has 0 aromatic heterocycles. The maximum absolute atomic E-state index is 2.76. The van der Waals surface area contributed by atoms with Crippen LogP contribution in [0.25, 0.3) is 0 Å². The summed E-state index contributed by atoms with van der Waals surface area (Å²) < 4.78 is 0. The van der Waals surface area contributed by atoms with Crippen molar-refractivity contribution in [2.45, 2.75) is 71.1 Å². The van der Waals surface area contributed by atoms with E-state index in [1.165, 1.54) is 32.4 Å². The Labute approximate surface area is 94.6 Å². The van der Waals surface area contributed by atoms with E-state index in [-0.39, 0.29) is 0 Å². The van der Waals surface area contributed by atoms with Crippen molar-refractivity contribution in [3.63, 3.8) is 0 Å². The molecule has 0 N–H and O–H groups in total. The van der Waals surface area contributed by atoms with Crippen molar-refractivity contribution >= 4 is 0 Å². The Hall–Kier alpha value is -0.0800. The highest BCUT2D eigenvalue weighted by molar-refractivity contribution is 5.01. The molecule has 2 aliphatic rings. The molecule has 1 saturated carbocycles. The van der Waals surface area contributed by atoms with E-state index in [0.29, 0.717) is 0 Å². The molecule has 1 heterocycles. The first kappa shape index (κ1) is 11.4. The Bertz CT molecular complexity index is 215. The van der Waals surface area contributed by atoms with Gasteiger partial charge >= 0.3 is 0 Å². The Morgan fingerprint density at radius 1 is 1.00 bits per heavy atom. The highest BCUT2D eigenvalue weighted by Crippen LogP contribution is 2.35. The molecule has 2 nitrogen and oxygen atoms in total. The van der Waals surface area contributed by atoms with Crippen molar-refractivity contribution in [2.24, 2.45) is 0 Å². The lowest BCUT2D eigenvalue weighted by Crippen LogP contribution is -2.67. The Balaban J connectivity index is 2.00. The predicted octanol–water partition coefficient (Wildman–Crippen LogP) is 2.34. The van der Waals surface area contributed by atoms with Gasteiger partial charge in [0.25, 0.3) is 0 Å². The third kappa shape index (κ3) is 1.94. The van der Waals surface area contributed by atoms with Gasteiger partial charge in [0.15, 0.2) is 0 Å². The summed E-state index contributed by atoms with van der Waals surface area (Å²) in [6.07, 6.45) is 4.15. The molecular weight excluding hydrogens is 184 g/mol. The van der Waals surface area contributed by atoms with Crippen LogP contribution in [0.5, 0.6) is 0 Å². The molecule has 3 atom stereocenters. The molecule has 0 aromatic carbocycles. The number of nitrogens with zero attached hydrogens (tertiary/aromatic N) is 2. The van der Waals surface area contributed by atoms with Crippen LogP contribution in [0.4, 0.5) is 0 Å². The third-order valence-corrected chi connectivity index (χ3v) is 4.49. The Morgan fingerprint density at radius 3 is 2.00 bits per heavy atom. The molecular formula is C13H26N2. The van der Waals surface area contributed by atoms with Crippen LogP contribution in [0.3, 0.4) is 0 Å². The first-order valence-corrected chi connectivity index (χ1v) is 6.66.